The van der Waals surface area contributed by atoms with E-state index in [9.17, 15) is 4.79 Å². The monoisotopic (exact) mass is 393 g/mol. The van der Waals surface area contributed by atoms with E-state index in [1.165, 1.54) is 11.8 Å². The van der Waals surface area contributed by atoms with Crippen molar-refractivity contribution in [2.45, 2.75) is 26.4 Å². The van der Waals surface area contributed by atoms with Crippen LogP contribution < -0.4 is 16.1 Å². The second-order valence-electron chi connectivity index (χ2n) is 6.40. The molecule has 0 saturated carbocycles. The van der Waals surface area contributed by atoms with Gasteiger partial charge in [-0.1, -0.05) is 42.1 Å². The number of nitrogens with one attached hydrogen (secondary N) is 3. The molecule has 1 amide bonds. The zero-order valence-corrected chi connectivity index (χ0v) is 16.7. The second kappa shape index (κ2) is 9.54. The molecule has 7 nitrogen and oxygen atoms in total. The highest BCUT2D eigenvalue weighted by atomic mass is 32.2. The zero-order valence-electron chi connectivity index (χ0n) is 15.0. The maximum absolute atomic E-state index is 11.5. The van der Waals surface area contributed by atoms with Crippen molar-refractivity contribution in [1.82, 2.24) is 16.1 Å². The quantitative estimate of drug-likeness (QED) is 0.538. The predicted molar refractivity (Wildman–Crippen MR) is 111 cm³/mol. The summed E-state index contributed by atoms with van der Waals surface area (Å²) in [6.07, 6.45) is -0.455. The molecule has 0 fully saturated rings. The van der Waals surface area contributed by atoms with Gasteiger partial charge in [0.25, 0.3) is 0 Å². The summed E-state index contributed by atoms with van der Waals surface area (Å²) in [5.41, 5.74) is 4.46. The number of thioether (sulfide) groups is 1. The van der Waals surface area contributed by atoms with E-state index in [4.69, 9.17) is 17.0 Å². The first-order valence-corrected chi connectivity index (χ1v) is 9.57. The Morgan fingerprint density at radius 3 is 2.62 bits per heavy atom. The Labute approximate surface area is 163 Å². The van der Waals surface area contributed by atoms with Crippen LogP contribution in [0.4, 0.5) is 4.79 Å². The van der Waals surface area contributed by atoms with Crippen LogP contribution in [0.25, 0.3) is 0 Å². The van der Waals surface area contributed by atoms with Gasteiger partial charge in [-0.05, 0) is 38.6 Å². The minimum atomic E-state index is -0.512. The van der Waals surface area contributed by atoms with Crippen LogP contribution in [0.3, 0.4) is 0 Å². The molecule has 0 unspecified atom stereocenters. The second-order valence-corrected chi connectivity index (χ2v) is 7.75. The number of benzene rings is 1. The van der Waals surface area contributed by atoms with Gasteiger partial charge in [0.05, 0.1) is 5.71 Å². The van der Waals surface area contributed by atoms with Crippen molar-refractivity contribution in [3.63, 3.8) is 0 Å². The van der Waals surface area contributed by atoms with Crippen LogP contribution in [-0.2, 0) is 4.74 Å². The van der Waals surface area contributed by atoms with E-state index in [0.717, 1.165) is 17.0 Å². The number of carbonyl (C=O) groups excluding carboxylic acids is 1. The molecule has 26 heavy (non-hydrogen) atoms. The number of nitrogens with zero attached hydrogens (tertiary/aromatic N) is 2. The summed E-state index contributed by atoms with van der Waals surface area (Å²) in [4.78, 5) is 15.8. The van der Waals surface area contributed by atoms with Crippen molar-refractivity contribution in [2.75, 3.05) is 18.8 Å². The third kappa shape index (κ3) is 7.40. The van der Waals surface area contributed by atoms with Crippen LogP contribution in [0, 0.1) is 0 Å². The number of carbonyl (C=O) groups is 1. The number of hydrogen-bond acceptors (Lipinski definition) is 5. The van der Waals surface area contributed by atoms with E-state index in [-0.39, 0.29) is 0 Å². The maximum Gasteiger partial charge on any atom is 0.407 e. The molecule has 0 atom stereocenters. The SMILES string of the molecule is CC(C)(C)OC(=O)NCCNC(=S)/N=C1/NN=C(c2ccccc2)CS1. The summed E-state index contributed by atoms with van der Waals surface area (Å²) >= 11 is 6.72. The molecular weight excluding hydrogens is 370 g/mol. The fourth-order valence-electron chi connectivity index (χ4n) is 1.93. The molecule has 0 bridgehead atoms. The third-order valence-corrected chi connectivity index (χ3v) is 4.12. The topological polar surface area (TPSA) is 87.1 Å². The van der Waals surface area contributed by atoms with Crippen LogP contribution in [-0.4, -0.2) is 46.5 Å². The smallest absolute Gasteiger partial charge is 0.407 e. The number of amidine groups is 1. The number of hydrogen-bond donors (Lipinski definition) is 3. The van der Waals surface area contributed by atoms with Gasteiger partial charge in [-0.25, -0.2) is 4.79 Å². The largest absolute Gasteiger partial charge is 0.444 e. The Morgan fingerprint density at radius 2 is 2.00 bits per heavy atom. The number of ether oxygens (including phenoxy) is 1. The van der Waals surface area contributed by atoms with Gasteiger partial charge in [0.15, 0.2) is 10.3 Å². The van der Waals surface area contributed by atoms with Crippen molar-refractivity contribution < 1.29 is 9.53 Å². The lowest BCUT2D eigenvalue weighted by Gasteiger charge is -2.19. The summed E-state index contributed by atoms with van der Waals surface area (Å²) < 4.78 is 5.15. The van der Waals surface area contributed by atoms with Crippen molar-refractivity contribution >= 4 is 46.1 Å². The number of alkyl carbamates (subject to hydrolysis) is 1. The van der Waals surface area contributed by atoms with Crippen molar-refractivity contribution in [3.8, 4) is 0 Å². The van der Waals surface area contributed by atoms with Gasteiger partial charge in [0, 0.05) is 18.8 Å². The fourth-order valence-corrected chi connectivity index (χ4v) is 2.95. The summed E-state index contributed by atoms with van der Waals surface area (Å²) in [6.45, 7) is 6.29. The average molecular weight is 394 g/mol. The predicted octanol–water partition coefficient (Wildman–Crippen LogP) is 2.48. The number of amides is 1. The lowest BCUT2D eigenvalue weighted by atomic mass is 10.1. The molecule has 1 heterocycles. The average Bonchev–Trinajstić information content (AvgIpc) is 2.59. The third-order valence-electron chi connectivity index (χ3n) is 3.01. The van der Waals surface area contributed by atoms with Gasteiger partial charge in [-0.3, -0.25) is 5.43 Å². The number of aliphatic imine (C=N–C) groups is 1. The normalized spacial score (nSPS) is 15.7. The Kier molecular flexibility index (Phi) is 7.40. The summed E-state index contributed by atoms with van der Waals surface area (Å²) in [5.74, 6) is 0.721. The molecule has 9 heteroatoms. The molecule has 3 N–H and O–H groups in total. The molecule has 0 spiro atoms. The fraction of sp³-hybridized carbons (Fsp3) is 0.412. The van der Waals surface area contributed by atoms with Crippen molar-refractivity contribution in [2.24, 2.45) is 10.1 Å². The highest BCUT2D eigenvalue weighted by molar-refractivity contribution is 8.14. The summed E-state index contributed by atoms with van der Waals surface area (Å²) in [6, 6.07) is 9.98. The number of rotatable bonds is 4. The molecule has 1 aliphatic heterocycles. The Bertz CT molecular complexity index is 699. The molecule has 1 aromatic rings. The maximum atomic E-state index is 11.5. The van der Waals surface area contributed by atoms with E-state index >= 15 is 0 Å². The van der Waals surface area contributed by atoms with E-state index in [1.807, 2.05) is 51.1 Å². The zero-order chi connectivity index (χ0) is 19.0. The van der Waals surface area contributed by atoms with Crippen LogP contribution in [0.1, 0.15) is 26.3 Å². The van der Waals surface area contributed by atoms with E-state index < -0.39 is 11.7 Å². The van der Waals surface area contributed by atoms with E-state index in [0.29, 0.717) is 23.4 Å². The first kappa shape index (κ1) is 20.2. The van der Waals surface area contributed by atoms with Gasteiger partial charge in [-0.15, -0.1) is 0 Å². The highest BCUT2D eigenvalue weighted by Gasteiger charge is 2.15. The van der Waals surface area contributed by atoms with E-state index in [1.54, 1.807) is 0 Å². The van der Waals surface area contributed by atoms with Crippen LogP contribution in [0.5, 0.6) is 0 Å². The minimum absolute atomic E-state index is 0.337. The lowest BCUT2D eigenvalue weighted by molar-refractivity contribution is 0.0529. The van der Waals surface area contributed by atoms with Gasteiger partial charge < -0.3 is 15.4 Å². The first-order chi connectivity index (χ1) is 12.3. The Balaban J connectivity index is 1.71. The summed E-state index contributed by atoms with van der Waals surface area (Å²) in [5, 5.41) is 10.9. The summed E-state index contributed by atoms with van der Waals surface area (Å²) in [7, 11) is 0. The molecular formula is C17H23N5O2S2. The Morgan fingerprint density at radius 1 is 1.31 bits per heavy atom. The molecule has 2 rings (SSSR count). The van der Waals surface area contributed by atoms with Gasteiger partial charge in [-0.2, -0.15) is 10.1 Å². The molecule has 1 aromatic carbocycles. The van der Waals surface area contributed by atoms with Gasteiger partial charge in [0.2, 0.25) is 0 Å². The molecule has 0 aromatic heterocycles. The lowest BCUT2D eigenvalue weighted by Crippen LogP contribution is -2.37. The van der Waals surface area contributed by atoms with Gasteiger partial charge >= 0.3 is 6.09 Å². The minimum Gasteiger partial charge on any atom is -0.444 e. The first-order valence-electron chi connectivity index (χ1n) is 8.18. The van der Waals surface area contributed by atoms with Crippen LogP contribution >= 0.6 is 24.0 Å². The van der Waals surface area contributed by atoms with Gasteiger partial charge in [0.1, 0.15) is 5.60 Å². The van der Waals surface area contributed by atoms with Crippen molar-refractivity contribution in [3.05, 3.63) is 35.9 Å². The standard InChI is InChI=1S/C17H23N5O2S2/c1-17(2,3)24-16(23)19-10-9-18-14(25)20-15-22-21-13(11-26-15)12-7-5-4-6-8-12/h4-8H,9-11H2,1-3H3,(H,19,23)(H2,18,20,22,25). The number of hydrazone groups is 1. The highest BCUT2D eigenvalue weighted by Crippen LogP contribution is 2.13. The molecule has 140 valence electrons. The molecule has 0 aliphatic carbocycles. The molecule has 0 radical (unpaired) electrons. The van der Waals surface area contributed by atoms with E-state index in [2.05, 4.69) is 26.2 Å². The Hall–Kier alpha value is -2.13. The van der Waals surface area contributed by atoms with Crippen molar-refractivity contribution in [1.29, 1.82) is 0 Å². The molecule has 0 saturated heterocycles. The number of thiocarbonyl (C=S) groups is 1. The van der Waals surface area contributed by atoms with Crippen LogP contribution in [0.15, 0.2) is 40.4 Å². The molecule has 1 aliphatic rings. The van der Waals surface area contributed by atoms with Crippen LogP contribution in [0.2, 0.25) is 0 Å².